The van der Waals surface area contributed by atoms with Crippen LogP contribution in [0.25, 0.3) is 16.5 Å². The van der Waals surface area contributed by atoms with Crippen LogP contribution < -0.4 is 5.32 Å². The molecule has 0 radical (unpaired) electrons. The third-order valence-electron chi connectivity index (χ3n) is 2.19. The molecule has 0 aliphatic carbocycles. The summed E-state index contributed by atoms with van der Waals surface area (Å²) in [5.74, 6) is 0.408. The van der Waals surface area contributed by atoms with Crippen LogP contribution in [0.5, 0.6) is 0 Å². The SMILES string of the molecule is CC(=O)Nc1ccc(C=CCCN=[N+]=[N-])c(C)n1. The number of aryl methyl sites for hydroxylation is 1. The molecule has 0 aliphatic rings. The van der Waals surface area contributed by atoms with Crippen LogP contribution in [0.2, 0.25) is 0 Å². The van der Waals surface area contributed by atoms with Crippen molar-refractivity contribution in [1.82, 2.24) is 4.98 Å². The summed E-state index contributed by atoms with van der Waals surface area (Å²) in [6.45, 7) is 3.77. The molecule has 0 saturated heterocycles. The fourth-order valence-corrected chi connectivity index (χ4v) is 1.39. The molecule has 0 unspecified atom stereocenters. The largest absolute Gasteiger partial charge is 0.311 e. The van der Waals surface area contributed by atoms with E-state index < -0.39 is 0 Å². The van der Waals surface area contributed by atoms with Gasteiger partial charge in [0, 0.05) is 24.1 Å². The molecule has 0 fully saturated rings. The van der Waals surface area contributed by atoms with Gasteiger partial charge in [-0.25, -0.2) is 4.98 Å². The standard InChI is InChI=1S/C12H15N5O/c1-9-11(5-3-4-8-14-17-13)6-7-12(15-9)16-10(2)18/h3,5-7H,4,8H2,1-2H3,(H,15,16,18). The van der Waals surface area contributed by atoms with Crippen molar-refractivity contribution in [1.29, 1.82) is 0 Å². The van der Waals surface area contributed by atoms with E-state index in [0.29, 0.717) is 18.8 Å². The Morgan fingerprint density at radius 2 is 2.39 bits per heavy atom. The summed E-state index contributed by atoms with van der Waals surface area (Å²) in [6, 6.07) is 3.64. The Morgan fingerprint density at radius 3 is 3.00 bits per heavy atom. The van der Waals surface area contributed by atoms with Crippen molar-refractivity contribution >= 4 is 17.8 Å². The Labute approximate surface area is 105 Å². The lowest BCUT2D eigenvalue weighted by Gasteiger charge is -2.04. The van der Waals surface area contributed by atoms with E-state index >= 15 is 0 Å². The van der Waals surface area contributed by atoms with Gasteiger partial charge in [-0.3, -0.25) is 4.79 Å². The molecule has 0 bridgehead atoms. The lowest BCUT2D eigenvalue weighted by molar-refractivity contribution is -0.114. The molecule has 1 amide bonds. The van der Waals surface area contributed by atoms with Crippen LogP contribution in [-0.4, -0.2) is 17.4 Å². The molecule has 18 heavy (non-hydrogen) atoms. The number of rotatable bonds is 5. The number of hydrogen-bond donors (Lipinski definition) is 1. The van der Waals surface area contributed by atoms with Crippen molar-refractivity contribution in [3.05, 3.63) is 39.9 Å². The van der Waals surface area contributed by atoms with E-state index in [1.165, 1.54) is 6.92 Å². The minimum Gasteiger partial charge on any atom is -0.311 e. The lowest BCUT2D eigenvalue weighted by atomic mass is 10.2. The molecule has 0 aliphatic heterocycles. The first-order valence-corrected chi connectivity index (χ1v) is 5.56. The highest BCUT2D eigenvalue weighted by Gasteiger charge is 2.00. The van der Waals surface area contributed by atoms with Crippen molar-refractivity contribution in [2.45, 2.75) is 20.3 Å². The highest BCUT2D eigenvalue weighted by Crippen LogP contribution is 2.12. The summed E-state index contributed by atoms with van der Waals surface area (Å²) in [5, 5.41) is 6.07. The van der Waals surface area contributed by atoms with E-state index in [1.807, 2.05) is 25.1 Å². The van der Waals surface area contributed by atoms with Crippen LogP contribution in [0.1, 0.15) is 24.6 Å². The second-order valence-electron chi connectivity index (χ2n) is 3.70. The van der Waals surface area contributed by atoms with Gasteiger partial charge in [0.05, 0.1) is 0 Å². The lowest BCUT2D eigenvalue weighted by Crippen LogP contribution is -2.08. The Morgan fingerprint density at radius 1 is 1.61 bits per heavy atom. The van der Waals surface area contributed by atoms with Crippen LogP contribution in [0.4, 0.5) is 5.82 Å². The van der Waals surface area contributed by atoms with Gasteiger partial charge in [0.2, 0.25) is 5.91 Å². The normalized spacial score (nSPS) is 10.1. The first-order valence-electron chi connectivity index (χ1n) is 5.56. The van der Waals surface area contributed by atoms with Crippen molar-refractivity contribution in [3.8, 4) is 0 Å². The second-order valence-corrected chi connectivity index (χ2v) is 3.70. The quantitative estimate of drug-likeness (QED) is 0.374. The van der Waals surface area contributed by atoms with Crippen LogP contribution in [0, 0.1) is 6.92 Å². The van der Waals surface area contributed by atoms with E-state index in [9.17, 15) is 4.79 Å². The predicted molar refractivity (Wildman–Crippen MR) is 70.9 cm³/mol. The Balaban J connectivity index is 2.67. The average molecular weight is 245 g/mol. The highest BCUT2D eigenvalue weighted by atomic mass is 16.1. The molecule has 1 aromatic rings. The number of anilines is 1. The molecule has 94 valence electrons. The summed E-state index contributed by atoms with van der Waals surface area (Å²) in [5.41, 5.74) is 9.93. The molecule has 1 aromatic heterocycles. The number of carbonyl (C=O) groups is 1. The molecular formula is C12H15N5O. The summed E-state index contributed by atoms with van der Waals surface area (Å²) < 4.78 is 0. The first-order chi connectivity index (χ1) is 8.63. The molecule has 0 spiro atoms. The van der Waals surface area contributed by atoms with Gasteiger partial charge in [0.1, 0.15) is 5.82 Å². The van der Waals surface area contributed by atoms with E-state index in [-0.39, 0.29) is 5.91 Å². The molecule has 1 heterocycles. The van der Waals surface area contributed by atoms with Gasteiger partial charge in [-0.2, -0.15) is 0 Å². The molecule has 0 atom stereocenters. The molecule has 0 saturated carbocycles. The van der Waals surface area contributed by atoms with E-state index in [0.717, 1.165) is 11.3 Å². The Hall–Kier alpha value is -2.33. The maximum Gasteiger partial charge on any atom is 0.222 e. The number of hydrogen-bond acceptors (Lipinski definition) is 3. The zero-order valence-corrected chi connectivity index (χ0v) is 10.4. The van der Waals surface area contributed by atoms with E-state index in [4.69, 9.17) is 5.53 Å². The van der Waals surface area contributed by atoms with Crippen LogP contribution >= 0.6 is 0 Å². The molecular weight excluding hydrogens is 230 g/mol. The minimum atomic E-state index is -0.139. The molecule has 0 aromatic carbocycles. The number of carbonyl (C=O) groups excluding carboxylic acids is 1. The zero-order chi connectivity index (χ0) is 13.4. The number of pyridine rings is 1. The van der Waals surface area contributed by atoms with Gasteiger partial charge in [-0.15, -0.1) is 0 Å². The summed E-state index contributed by atoms with van der Waals surface area (Å²) in [6.07, 6.45) is 4.54. The predicted octanol–water partition coefficient (Wildman–Crippen LogP) is 3.06. The number of amides is 1. The monoisotopic (exact) mass is 245 g/mol. The number of azide groups is 1. The summed E-state index contributed by atoms with van der Waals surface area (Å²) in [4.78, 5) is 17.8. The van der Waals surface area contributed by atoms with Gasteiger partial charge >= 0.3 is 0 Å². The van der Waals surface area contributed by atoms with Crippen LogP contribution in [0.3, 0.4) is 0 Å². The summed E-state index contributed by atoms with van der Waals surface area (Å²) in [7, 11) is 0. The molecule has 6 nitrogen and oxygen atoms in total. The van der Waals surface area contributed by atoms with Crippen molar-refractivity contribution in [2.75, 3.05) is 11.9 Å². The maximum absolute atomic E-state index is 10.9. The van der Waals surface area contributed by atoms with Gasteiger partial charge in [0.25, 0.3) is 0 Å². The number of nitrogens with one attached hydrogen (secondary N) is 1. The fourth-order valence-electron chi connectivity index (χ4n) is 1.39. The smallest absolute Gasteiger partial charge is 0.222 e. The van der Waals surface area contributed by atoms with Crippen LogP contribution in [0.15, 0.2) is 23.3 Å². The van der Waals surface area contributed by atoms with E-state index in [2.05, 4.69) is 20.3 Å². The fraction of sp³-hybridized carbons (Fsp3) is 0.333. The second kappa shape index (κ2) is 7.09. The molecule has 1 rings (SSSR count). The van der Waals surface area contributed by atoms with Crippen molar-refractivity contribution in [2.24, 2.45) is 5.11 Å². The van der Waals surface area contributed by atoms with Gasteiger partial charge in [0.15, 0.2) is 0 Å². The summed E-state index contributed by atoms with van der Waals surface area (Å²) >= 11 is 0. The average Bonchev–Trinajstić information content (AvgIpc) is 2.30. The van der Waals surface area contributed by atoms with Gasteiger partial charge < -0.3 is 5.32 Å². The topological polar surface area (TPSA) is 90.8 Å². The highest BCUT2D eigenvalue weighted by molar-refractivity contribution is 5.87. The number of nitrogens with zero attached hydrogens (tertiary/aromatic N) is 4. The van der Waals surface area contributed by atoms with Crippen LogP contribution in [-0.2, 0) is 4.79 Å². The van der Waals surface area contributed by atoms with Crippen molar-refractivity contribution < 1.29 is 4.79 Å². The molecule has 1 N–H and O–H groups in total. The van der Waals surface area contributed by atoms with E-state index in [1.54, 1.807) is 6.07 Å². The number of aromatic nitrogens is 1. The Kier molecular flexibility index (Phi) is 5.41. The van der Waals surface area contributed by atoms with Gasteiger partial charge in [-0.1, -0.05) is 17.3 Å². The Bertz CT molecular complexity index is 503. The minimum absolute atomic E-state index is 0.139. The third kappa shape index (κ3) is 4.67. The third-order valence-corrected chi connectivity index (χ3v) is 2.19. The van der Waals surface area contributed by atoms with Crippen molar-refractivity contribution in [3.63, 3.8) is 0 Å². The maximum atomic E-state index is 10.9. The zero-order valence-electron chi connectivity index (χ0n) is 10.4. The first kappa shape index (κ1) is 13.7. The van der Waals surface area contributed by atoms with Gasteiger partial charge in [-0.05, 0) is 36.6 Å². The molecule has 6 heteroatoms.